The van der Waals surface area contributed by atoms with Crippen molar-refractivity contribution in [1.29, 1.82) is 0 Å². The van der Waals surface area contributed by atoms with E-state index in [1.807, 2.05) is 24.3 Å². The number of halogens is 2. The van der Waals surface area contributed by atoms with Gasteiger partial charge in [0, 0.05) is 0 Å². The summed E-state index contributed by atoms with van der Waals surface area (Å²) < 4.78 is 11.6. The van der Waals surface area contributed by atoms with E-state index < -0.39 is 24.1 Å². The van der Waals surface area contributed by atoms with Gasteiger partial charge in [-0.15, -0.1) is 0 Å². The molecule has 2 nitrogen and oxygen atoms in total. The fourth-order valence-electron chi connectivity index (χ4n) is 2.16. The minimum atomic E-state index is -1.37. The van der Waals surface area contributed by atoms with Crippen molar-refractivity contribution in [3.05, 3.63) is 59.7 Å². The van der Waals surface area contributed by atoms with Crippen molar-refractivity contribution in [2.45, 2.75) is 52.4 Å². The molecule has 0 amide bonds. The first-order valence-corrected chi connectivity index (χ1v) is 9.97. The molecule has 0 saturated carbocycles. The summed E-state index contributed by atoms with van der Waals surface area (Å²) in [5.41, 5.74) is 2.97. The Bertz CT molecular complexity index is 569. The van der Waals surface area contributed by atoms with E-state index in [0.717, 1.165) is 11.5 Å². The fourth-order valence-corrected chi connectivity index (χ4v) is 3.41. The number of rotatable bonds is 4. The summed E-state index contributed by atoms with van der Waals surface area (Å²) in [5.74, 6) is 1.80. The van der Waals surface area contributed by atoms with Gasteiger partial charge in [0.15, 0.2) is 0 Å². The van der Waals surface area contributed by atoms with Crippen molar-refractivity contribution in [3.63, 3.8) is 0 Å². The minimum absolute atomic E-state index is 0. The molecule has 25 heavy (non-hydrogen) atoms. The van der Waals surface area contributed by atoms with E-state index in [1.165, 1.54) is 11.1 Å². The van der Waals surface area contributed by atoms with Gasteiger partial charge in [-0.25, -0.2) is 0 Å². The van der Waals surface area contributed by atoms with Crippen LogP contribution in [-0.4, -0.2) is 0 Å². The molecule has 0 aliphatic carbocycles. The van der Waals surface area contributed by atoms with Crippen LogP contribution in [0, 0.1) is 0 Å². The van der Waals surface area contributed by atoms with Crippen LogP contribution in [0.2, 0.25) is 0 Å². The molecule has 5 heteroatoms. The Morgan fingerprint density at radius 1 is 0.560 bits per heavy atom. The molecule has 0 aliphatic heterocycles. The van der Waals surface area contributed by atoms with E-state index in [4.69, 9.17) is 5.63 Å². The van der Waals surface area contributed by atoms with Crippen molar-refractivity contribution < 1.29 is 54.6 Å². The van der Waals surface area contributed by atoms with E-state index in [9.17, 15) is 0 Å². The Morgan fingerprint density at radius 2 is 0.840 bits per heavy atom. The van der Waals surface area contributed by atoms with Gasteiger partial charge in [-0.2, -0.15) is 0 Å². The third kappa shape index (κ3) is 7.73. The van der Waals surface area contributed by atoms with Gasteiger partial charge in [0.25, 0.3) is 0 Å². The summed E-state index contributed by atoms with van der Waals surface area (Å²) >= 11 is -1.37. The average molecular weight is 461 g/mol. The van der Waals surface area contributed by atoms with Gasteiger partial charge in [0.2, 0.25) is 0 Å². The summed E-state index contributed by atoms with van der Waals surface area (Å²) in [5, 5.41) is 0. The maximum atomic E-state index is 5.82. The van der Waals surface area contributed by atoms with Gasteiger partial charge in [-0.3, -0.25) is 0 Å². The van der Waals surface area contributed by atoms with Gasteiger partial charge in [0.05, 0.1) is 0 Å². The Morgan fingerprint density at radius 3 is 1.08 bits per heavy atom. The van der Waals surface area contributed by atoms with Crippen LogP contribution in [0.25, 0.3) is 0 Å². The van der Waals surface area contributed by atoms with Gasteiger partial charge in [-0.1, -0.05) is 0 Å². The van der Waals surface area contributed by atoms with E-state index in [-0.39, 0.29) is 35.6 Å². The summed E-state index contributed by atoms with van der Waals surface area (Å²) in [6.45, 7) is 13.3. The zero-order valence-electron chi connectivity index (χ0n) is 15.7. The number of hydrogen-bond acceptors (Lipinski definition) is 2. The van der Waals surface area contributed by atoms with Crippen molar-refractivity contribution in [2.75, 3.05) is 0 Å². The molecule has 0 atom stereocenters. The predicted octanol–water partition coefficient (Wildman–Crippen LogP) is -0.340. The Balaban J connectivity index is 0.00000288. The van der Waals surface area contributed by atoms with Crippen molar-refractivity contribution in [2.24, 2.45) is 0 Å². The van der Waals surface area contributed by atoms with Gasteiger partial charge >= 0.3 is 153 Å². The quantitative estimate of drug-likeness (QED) is 0.622. The van der Waals surface area contributed by atoms with Crippen LogP contribution in [0.5, 0.6) is 11.5 Å². The third-order valence-electron chi connectivity index (χ3n) is 3.76. The molecule has 0 unspecified atom stereocenters. The van der Waals surface area contributed by atoms with Crippen molar-refractivity contribution in [1.82, 2.24) is 0 Å². The summed E-state index contributed by atoms with van der Waals surface area (Å²) in [7, 11) is 0. The second-order valence-corrected chi connectivity index (χ2v) is 9.25. The average Bonchev–Trinajstić information content (AvgIpc) is 2.46. The molecule has 2 aromatic carbocycles. The van der Waals surface area contributed by atoms with Crippen molar-refractivity contribution in [3.8, 4) is 11.5 Å². The molecule has 0 fully saturated rings. The molecular formula is C20H26Cl2O2Zr. The Kier molecular flexibility index (Phi) is 9.80. The van der Waals surface area contributed by atoms with Gasteiger partial charge in [0.1, 0.15) is 0 Å². The molecule has 0 saturated heterocycles. The van der Waals surface area contributed by atoms with E-state index in [2.05, 4.69) is 65.8 Å². The van der Waals surface area contributed by atoms with Crippen LogP contribution >= 0.6 is 0 Å². The van der Waals surface area contributed by atoms with Gasteiger partial charge in [-0.05, 0) is 0 Å². The first-order chi connectivity index (χ1) is 10.7. The standard InChI is InChI=1S/2C10H14O.2ClH.Zr/c2*1-10(2,3)8-4-6-9(11)7-5-8;;;/h2*4-7,11H,1-3H3;2*1H;/q;;;;+4/p-4. The van der Waals surface area contributed by atoms with Crippen LogP contribution in [0.4, 0.5) is 0 Å². The van der Waals surface area contributed by atoms with E-state index in [1.54, 1.807) is 0 Å². The van der Waals surface area contributed by atoms with Crippen LogP contribution < -0.4 is 30.4 Å². The molecule has 0 aliphatic rings. The second kappa shape index (κ2) is 10.00. The van der Waals surface area contributed by atoms with E-state index in [0.29, 0.717) is 0 Å². The number of hydrogen-bond donors (Lipinski definition) is 0. The molecule has 0 aromatic heterocycles. The maximum absolute atomic E-state index is 5.82. The third-order valence-corrected chi connectivity index (χ3v) is 5.33. The summed E-state index contributed by atoms with van der Waals surface area (Å²) in [6, 6.07) is 16.7. The van der Waals surface area contributed by atoms with Crippen LogP contribution in [0.1, 0.15) is 52.7 Å². The molecule has 0 spiro atoms. The zero-order valence-corrected chi connectivity index (χ0v) is 19.7. The molecule has 0 bridgehead atoms. The second-order valence-electron chi connectivity index (χ2n) is 7.84. The normalized spacial score (nSPS) is 10.8. The monoisotopic (exact) mass is 458 g/mol. The molecule has 2 aromatic rings. The summed E-state index contributed by atoms with van der Waals surface area (Å²) in [6.07, 6.45) is 0. The first kappa shape index (κ1) is 24.5. The Hall–Kier alpha value is -0.497. The predicted molar refractivity (Wildman–Crippen MR) is 91.5 cm³/mol. The molecule has 2 rings (SSSR count). The van der Waals surface area contributed by atoms with Crippen LogP contribution in [0.15, 0.2) is 48.5 Å². The number of benzene rings is 2. The van der Waals surface area contributed by atoms with Crippen LogP contribution in [0.3, 0.4) is 0 Å². The topological polar surface area (TPSA) is 18.5 Å². The van der Waals surface area contributed by atoms with E-state index >= 15 is 0 Å². The van der Waals surface area contributed by atoms with Gasteiger partial charge < -0.3 is 24.8 Å². The Labute approximate surface area is 177 Å². The zero-order chi connectivity index (χ0) is 17.1. The minimum Gasteiger partial charge on any atom is -1.00 e. The van der Waals surface area contributed by atoms with Crippen LogP contribution in [-0.2, 0) is 34.9 Å². The molecule has 0 radical (unpaired) electrons. The largest absolute Gasteiger partial charge is 1.00 e. The molecule has 0 heterocycles. The first-order valence-electron chi connectivity index (χ1n) is 7.96. The smallest absolute Gasteiger partial charge is 1.00 e. The SMILES string of the molecule is CC(C)(C)c1ccc([O][Zr+2][O]c2ccc(C(C)(C)C)cc2)cc1.[Cl-].[Cl-]. The molecular weight excluding hydrogens is 434 g/mol. The fraction of sp³-hybridized carbons (Fsp3) is 0.400. The maximum Gasteiger partial charge on any atom is -1.00 e. The molecule has 0 N–H and O–H groups in total. The molecule has 136 valence electrons. The summed E-state index contributed by atoms with van der Waals surface area (Å²) in [4.78, 5) is 0. The van der Waals surface area contributed by atoms with Crippen molar-refractivity contribution >= 4 is 0 Å².